The van der Waals surface area contributed by atoms with E-state index in [4.69, 9.17) is 5.11 Å². The molecule has 0 aliphatic heterocycles. The van der Waals surface area contributed by atoms with Crippen LogP contribution in [0.1, 0.15) is 51.1 Å². The molecule has 130 valence electrons. The van der Waals surface area contributed by atoms with Crippen molar-refractivity contribution in [2.75, 3.05) is 0 Å². The van der Waals surface area contributed by atoms with Crippen LogP contribution in [0, 0.1) is 0 Å². The molecule has 0 saturated carbocycles. The monoisotopic (exact) mass is 357 g/mol. The number of rotatable bonds is 5. The lowest BCUT2D eigenvalue weighted by Gasteiger charge is -2.04. The third kappa shape index (κ3) is 3.41. The molecule has 0 radical (unpaired) electrons. The van der Waals surface area contributed by atoms with E-state index >= 15 is 0 Å². The number of aromatic nitrogens is 2. The van der Waals surface area contributed by atoms with Gasteiger partial charge in [0.05, 0.1) is 16.1 Å². The van der Waals surface area contributed by atoms with Crippen molar-refractivity contribution < 1.29 is 14.7 Å². The number of nitrogens with one attached hydrogen (secondary N) is 1. The minimum atomic E-state index is -0.963. The number of aromatic carboxylic acids is 1. The van der Waals surface area contributed by atoms with Crippen molar-refractivity contribution in [1.82, 2.24) is 15.1 Å². The van der Waals surface area contributed by atoms with Gasteiger partial charge in [-0.05, 0) is 29.7 Å². The van der Waals surface area contributed by atoms with E-state index in [2.05, 4.69) is 24.3 Å². The van der Waals surface area contributed by atoms with Crippen molar-refractivity contribution in [3.05, 3.63) is 52.0 Å². The fraction of sp³-hybridized carbons (Fsp3) is 0.278. The lowest BCUT2D eigenvalue weighted by molar-refractivity contribution is 0.0696. The van der Waals surface area contributed by atoms with Crippen molar-refractivity contribution in [2.24, 2.45) is 7.05 Å². The van der Waals surface area contributed by atoms with Crippen molar-refractivity contribution in [3.8, 4) is 0 Å². The molecule has 0 saturated heterocycles. The maximum absolute atomic E-state index is 12.4. The highest BCUT2D eigenvalue weighted by molar-refractivity contribution is 7.20. The minimum absolute atomic E-state index is 0.141. The summed E-state index contributed by atoms with van der Waals surface area (Å²) in [5.74, 6) is -0.810. The zero-order chi connectivity index (χ0) is 18.1. The topological polar surface area (TPSA) is 84.2 Å². The second-order valence-corrected chi connectivity index (χ2v) is 7.21. The molecule has 1 aromatic carbocycles. The quantitative estimate of drug-likeness (QED) is 0.733. The summed E-state index contributed by atoms with van der Waals surface area (Å²) < 4.78 is 1.82. The predicted octanol–water partition coefficient (Wildman–Crippen LogP) is 3.39. The Morgan fingerprint density at radius 1 is 1.28 bits per heavy atom. The highest BCUT2D eigenvalue weighted by Crippen LogP contribution is 2.31. The minimum Gasteiger partial charge on any atom is -0.478 e. The molecule has 3 rings (SSSR count). The summed E-state index contributed by atoms with van der Waals surface area (Å²) in [6.45, 7) is 4.52. The molecule has 7 heteroatoms. The molecule has 1 amide bonds. The first-order valence-electron chi connectivity index (χ1n) is 7.93. The van der Waals surface area contributed by atoms with Crippen LogP contribution in [0.15, 0.2) is 30.3 Å². The Morgan fingerprint density at radius 3 is 2.56 bits per heavy atom. The number of carboxylic acids is 1. The van der Waals surface area contributed by atoms with Crippen LogP contribution in [0.3, 0.4) is 0 Å². The number of fused-ring (bicyclic) bond motifs is 1. The van der Waals surface area contributed by atoms with Crippen LogP contribution in [0.5, 0.6) is 0 Å². The third-order valence-electron chi connectivity index (χ3n) is 3.96. The lowest BCUT2D eigenvalue weighted by Crippen LogP contribution is -2.21. The number of nitrogens with zero attached hydrogens (tertiary/aromatic N) is 2. The Labute approximate surface area is 149 Å². The van der Waals surface area contributed by atoms with E-state index < -0.39 is 5.97 Å². The summed E-state index contributed by atoms with van der Waals surface area (Å²) in [6, 6.07) is 8.36. The van der Waals surface area contributed by atoms with Crippen molar-refractivity contribution in [2.45, 2.75) is 26.3 Å². The third-order valence-corrected chi connectivity index (χ3v) is 5.17. The number of amides is 1. The predicted molar refractivity (Wildman–Crippen MR) is 97.3 cm³/mol. The van der Waals surface area contributed by atoms with E-state index in [1.807, 2.05) is 17.8 Å². The van der Waals surface area contributed by atoms with E-state index in [1.54, 1.807) is 12.1 Å². The second kappa shape index (κ2) is 6.68. The van der Waals surface area contributed by atoms with Gasteiger partial charge in [0.1, 0.15) is 4.83 Å². The van der Waals surface area contributed by atoms with Crippen LogP contribution in [0.4, 0.5) is 0 Å². The molecule has 0 atom stereocenters. The number of carbonyl (C=O) groups excluding carboxylic acids is 1. The smallest absolute Gasteiger partial charge is 0.335 e. The molecule has 25 heavy (non-hydrogen) atoms. The number of carbonyl (C=O) groups is 2. The van der Waals surface area contributed by atoms with Gasteiger partial charge in [-0.1, -0.05) is 26.0 Å². The van der Waals surface area contributed by atoms with Crippen molar-refractivity contribution >= 4 is 33.4 Å². The number of hydrogen-bond acceptors (Lipinski definition) is 4. The Morgan fingerprint density at radius 2 is 1.96 bits per heavy atom. The van der Waals surface area contributed by atoms with E-state index in [0.717, 1.165) is 21.5 Å². The van der Waals surface area contributed by atoms with Crippen molar-refractivity contribution in [1.29, 1.82) is 0 Å². The average Bonchev–Trinajstić information content (AvgIpc) is 3.14. The SMILES string of the molecule is CC(C)c1nn(C)c2sc(C(=O)NCc3ccc(C(=O)O)cc3)cc12. The van der Waals surface area contributed by atoms with E-state index in [-0.39, 0.29) is 11.5 Å². The molecular weight excluding hydrogens is 338 g/mol. The van der Waals surface area contributed by atoms with E-state index in [0.29, 0.717) is 17.3 Å². The number of carboxylic acid groups (broad SMARTS) is 1. The van der Waals surface area contributed by atoms with Gasteiger partial charge in [-0.15, -0.1) is 11.3 Å². The van der Waals surface area contributed by atoms with Gasteiger partial charge in [0.15, 0.2) is 0 Å². The molecule has 0 bridgehead atoms. The summed E-state index contributed by atoms with van der Waals surface area (Å²) in [6.07, 6.45) is 0. The normalized spacial score (nSPS) is 11.2. The first kappa shape index (κ1) is 17.2. The Bertz CT molecular complexity index is 939. The number of benzene rings is 1. The largest absolute Gasteiger partial charge is 0.478 e. The first-order valence-corrected chi connectivity index (χ1v) is 8.75. The van der Waals surface area contributed by atoms with Crippen molar-refractivity contribution in [3.63, 3.8) is 0 Å². The molecular formula is C18H19N3O3S. The Hall–Kier alpha value is -2.67. The van der Waals surface area contributed by atoms with Gasteiger partial charge in [-0.3, -0.25) is 9.48 Å². The van der Waals surface area contributed by atoms with Crippen LogP contribution >= 0.6 is 11.3 Å². The maximum atomic E-state index is 12.4. The maximum Gasteiger partial charge on any atom is 0.335 e. The molecule has 3 aromatic rings. The molecule has 0 spiro atoms. The molecule has 0 aliphatic rings. The molecule has 2 heterocycles. The van der Waals surface area contributed by atoms with Gasteiger partial charge in [0.2, 0.25) is 0 Å². The Kier molecular flexibility index (Phi) is 4.59. The molecule has 0 aliphatic carbocycles. The van der Waals surface area contributed by atoms with E-state index in [1.165, 1.54) is 23.5 Å². The standard InChI is InChI=1S/C18H19N3O3S/c1-10(2)15-13-8-14(25-17(13)21(3)20-15)16(22)19-9-11-4-6-12(7-5-11)18(23)24/h4-8,10H,9H2,1-3H3,(H,19,22)(H,23,24). The van der Waals surface area contributed by atoms with Gasteiger partial charge in [-0.25, -0.2) is 4.79 Å². The fourth-order valence-corrected chi connectivity index (χ4v) is 3.64. The molecule has 2 aromatic heterocycles. The van der Waals surface area contributed by atoms with Crippen LogP contribution in [0.2, 0.25) is 0 Å². The van der Waals surface area contributed by atoms with Gasteiger partial charge in [0, 0.05) is 19.0 Å². The zero-order valence-corrected chi connectivity index (χ0v) is 15.1. The highest BCUT2D eigenvalue weighted by atomic mass is 32.1. The molecule has 6 nitrogen and oxygen atoms in total. The molecule has 2 N–H and O–H groups in total. The summed E-state index contributed by atoms with van der Waals surface area (Å²) in [5, 5.41) is 17.3. The number of thiophene rings is 1. The molecule has 0 unspecified atom stereocenters. The molecule has 0 fully saturated rings. The van der Waals surface area contributed by atoms with Gasteiger partial charge < -0.3 is 10.4 Å². The number of aryl methyl sites for hydroxylation is 1. The van der Waals surface area contributed by atoms with Crippen LogP contribution in [-0.4, -0.2) is 26.8 Å². The van der Waals surface area contributed by atoms with Crippen LogP contribution < -0.4 is 5.32 Å². The average molecular weight is 357 g/mol. The van der Waals surface area contributed by atoms with Crippen LogP contribution in [-0.2, 0) is 13.6 Å². The van der Waals surface area contributed by atoms with Gasteiger partial charge >= 0.3 is 5.97 Å². The lowest BCUT2D eigenvalue weighted by atomic mass is 10.1. The number of hydrogen-bond donors (Lipinski definition) is 2. The van der Waals surface area contributed by atoms with Crippen LogP contribution in [0.25, 0.3) is 10.2 Å². The summed E-state index contributed by atoms with van der Waals surface area (Å²) in [5.41, 5.74) is 2.08. The first-order chi connectivity index (χ1) is 11.9. The summed E-state index contributed by atoms with van der Waals surface area (Å²) in [7, 11) is 1.89. The summed E-state index contributed by atoms with van der Waals surface area (Å²) >= 11 is 1.42. The Balaban J connectivity index is 1.74. The second-order valence-electron chi connectivity index (χ2n) is 6.18. The summed E-state index contributed by atoms with van der Waals surface area (Å²) in [4.78, 5) is 24.9. The highest BCUT2D eigenvalue weighted by Gasteiger charge is 2.18. The van der Waals surface area contributed by atoms with Gasteiger partial charge in [-0.2, -0.15) is 5.10 Å². The van der Waals surface area contributed by atoms with E-state index in [9.17, 15) is 9.59 Å². The van der Waals surface area contributed by atoms with Gasteiger partial charge in [0.25, 0.3) is 5.91 Å². The fourth-order valence-electron chi connectivity index (χ4n) is 2.64. The zero-order valence-electron chi connectivity index (χ0n) is 14.2.